The van der Waals surface area contributed by atoms with Gasteiger partial charge in [-0.2, -0.15) is 0 Å². The van der Waals surface area contributed by atoms with Gasteiger partial charge in [0.15, 0.2) is 5.84 Å². The van der Waals surface area contributed by atoms with Gasteiger partial charge in [0.05, 0.1) is 13.1 Å². The van der Waals surface area contributed by atoms with Crippen LogP contribution in [0.3, 0.4) is 0 Å². The van der Waals surface area contributed by atoms with Gasteiger partial charge in [-0.3, -0.25) is 4.48 Å². The number of hydrogen-bond donors (Lipinski definition) is 1. The number of quaternary nitrogens is 1. The van der Waals surface area contributed by atoms with Gasteiger partial charge in [0.1, 0.15) is 12.6 Å². The summed E-state index contributed by atoms with van der Waals surface area (Å²) in [6, 6.07) is 0.467. The molecule has 264 valence electrons. The molecule has 0 saturated carbocycles. The predicted molar refractivity (Wildman–Crippen MR) is 204 cm³/mol. The molecular weight excluding hydrogens is 546 g/mol. The van der Waals surface area contributed by atoms with Crippen molar-refractivity contribution in [3.63, 3.8) is 0 Å². The highest BCUT2D eigenvalue weighted by molar-refractivity contribution is 5.77. The third-order valence-electron chi connectivity index (χ3n) is 10.1. The maximum Gasteiger partial charge on any atom is 0.198 e. The van der Waals surface area contributed by atoms with Crippen LogP contribution in [0.25, 0.3) is 0 Å². The standard InChI is InChI=1S/C42H82N3/c1-4-6-8-10-12-14-16-18-20-22-24-26-28-30-32-34-36-42-44-41(3)40-45(42,39-37-43)38-35-33-31-29-27-25-23-21-19-17-15-13-11-9-7-5-2/h18-21,41H,4-17,22-40,43H2,1-3H3/q+1. The second-order valence-electron chi connectivity index (χ2n) is 14.6. The summed E-state index contributed by atoms with van der Waals surface area (Å²) in [5.41, 5.74) is 6.17. The van der Waals surface area contributed by atoms with Crippen LogP contribution in [-0.4, -0.2) is 42.5 Å². The fourth-order valence-corrected chi connectivity index (χ4v) is 7.32. The Morgan fingerprint density at radius 1 is 0.533 bits per heavy atom. The minimum Gasteiger partial charge on any atom is -0.326 e. The maximum atomic E-state index is 6.17. The zero-order chi connectivity index (χ0) is 32.5. The molecule has 1 heterocycles. The molecule has 3 nitrogen and oxygen atoms in total. The van der Waals surface area contributed by atoms with Gasteiger partial charge in [-0.15, -0.1) is 0 Å². The Kier molecular flexibility index (Phi) is 29.6. The average molecular weight is 629 g/mol. The smallest absolute Gasteiger partial charge is 0.198 e. The summed E-state index contributed by atoms with van der Waals surface area (Å²) in [5, 5.41) is 0. The van der Waals surface area contributed by atoms with E-state index in [1.54, 1.807) is 0 Å². The Labute approximate surface area is 284 Å². The van der Waals surface area contributed by atoms with E-state index in [-0.39, 0.29) is 0 Å². The fourth-order valence-electron chi connectivity index (χ4n) is 7.32. The monoisotopic (exact) mass is 629 g/mol. The normalized spacial score (nSPS) is 18.6. The lowest BCUT2D eigenvalue weighted by Crippen LogP contribution is -2.54. The molecule has 3 heteroatoms. The Balaban J connectivity index is 2.09. The molecule has 1 aliphatic heterocycles. The van der Waals surface area contributed by atoms with Crippen LogP contribution in [0.4, 0.5) is 0 Å². The topological polar surface area (TPSA) is 38.4 Å². The van der Waals surface area contributed by atoms with Crippen molar-refractivity contribution in [2.45, 2.75) is 213 Å². The first-order valence-corrected chi connectivity index (χ1v) is 20.6. The van der Waals surface area contributed by atoms with Crippen LogP contribution in [0.2, 0.25) is 0 Å². The van der Waals surface area contributed by atoms with E-state index in [1.807, 2.05) is 0 Å². The van der Waals surface area contributed by atoms with Crippen LogP contribution < -0.4 is 5.73 Å². The van der Waals surface area contributed by atoms with Crippen molar-refractivity contribution in [3.05, 3.63) is 24.3 Å². The van der Waals surface area contributed by atoms with Crippen LogP contribution in [-0.2, 0) is 0 Å². The molecule has 0 amide bonds. The van der Waals surface area contributed by atoms with Gasteiger partial charge < -0.3 is 5.73 Å². The highest BCUT2D eigenvalue weighted by Gasteiger charge is 2.39. The zero-order valence-corrected chi connectivity index (χ0v) is 31.2. The van der Waals surface area contributed by atoms with Crippen molar-refractivity contribution in [2.75, 3.05) is 26.2 Å². The van der Waals surface area contributed by atoms with Crippen LogP contribution in [0, 0.1) is 0 Å². The summed E-state index contributed by atoms with van der Waals surface area (Å²) in [4.78, 5) is 5.18. The molecule has 0 saturated heterocycles. The van der Waals surface area contributed by atoms with Crippen LogP contribution in [0.15, 0.2) is 29.3 Å². The zero-order valence-electron chi connectivity index (χ0n) is 31.2. The Morgan fingerprint density at radius 2 is 0.911 bits per heavy atom. The Hall–Kier alpha value is -0.930. The van der Waals surface area contributed by atoms with Crippen molar-refractivity contribution < 1.29 is 4.48 Å². The third kappa shape index (κ3) is 24.0. The van der Waals surface area contributed by atoms with E-state index >= 15 is 0 Å². The number of hydrogen-bond acceptors (Lipinski definition) is 2. The van der Waals surface area contributed by atoms with E-state index in [2.05, 4.69) is 45.1 Å². The molecule has 2 unspecified atom stereocenters. The molecule has 0 aromatic carbocycles. The molecule has 0 spiro atoms. The van der Waals surface area contributed by atoms with Crippen molar-refractivity contribution >= 4 is 5.84 Å². The second kappa shape index (κ2) is 31.7. The highest BCUT2D eigenvalue weighted by Crippen LogP contribution is 2.25. The highest BCUT2D eigenvalue weighted by atomic mass is 15.4. The van der Waals surface area contributed by atoms with Crippen molar-refractivity contribution in [2.24, 2.45) is 10.7 Å². The first kappa shape index (κ1) is 42.1. The second-order valence-corrected chi connectivity index (χ2v) is 14.6. The van der Waals surface area contributed by atoms with E-state index < -0.39 is 0 Å². The lowest BCUT2D eigenvalue weighted by atomic mass is 10.1. The Morgan fingerprint density at radius 3 is 1.33 bits per heavy atom. The van der Waals surface area contributed by atoms with Gasteiger partial charge in [0.2, 0.25) is 0 Å². The van der Waals surface area contributed by atoms with Crippen molar-refractivity contribution in [1.29, 1.82) is 0 Å². The first-order chi connectivity index (χ1) is 22.2. The SMILES string of the molecule is CCCCCCCCC=CCCCCCCCCC1=NC(C)C[N+]1(CCN)CCCCCCCCC=CCCCCCCCC. The molecule has 45 heavy (non-hydrogen) atoms. The molecule has 0 fully saturated rings. The number of rotatable bonds is 34. The number of nitrogens with zero attached hydrogens (tertiary/aromatic N) is 2. The molecule has 1 rings (SSSR count). The number of amidine groups is 1. The molecule has 0 aromatic rings. The lowest BCUT2D eigenvalue weighted by molar-refractivity contribution is -0.837. The minimum absolute atomic E-state index is 0.467. The third-order valence-corrected chi connectivity index (χ3v) is 10.1. The van der Waals surface area contributed by atoms with Gasteiger partial charge in [0, 0.05) is 13.0 Å². The molecule has 2 N–H and O–H groups in total. The molecule has 2 atom stereocenters. The molecule has 0 bridgehead atoms. The van der Waals surface area contributed by atoms with Gasteiger partial charge in [-0.1, -0.05) is 147 Å². The Bertz CT molecular complexity index is 711. The van der Waals surface area contributed by atoms with Gasteiger partial charge in [-0.25, -0.2) is 4.99 Å². The van der Waals surface area contributed by atoms with E-state index in [4.69, 9.17) is 10.7 Å². The summed E-state index contributed by atoms with van der Waals surface area (Å²) in [6.45, 7) is 11.2. The van der Waals surface area contributed by atoms with Crippen LogP contribution in [0.1, 0.15) is 207 Å². The summed E-state index contributed by atoms with van der Waals surface area (Å²) in [5.74, 6) is 1.48. The maximum absolute atomic E-state index is 6.17. The summed E-state index contributed by atoms with van der Waals surface area (Å²) >= 11 is 0. The minimum atomic E-state index is 0.467. The predicted octanol–water partition coefficient (Wildman–Crippen LogP) is 13.0. The van der Waals surface area contributed by atoms with E-state index in [0.29, 0.717) is 6.04 Å². The number of nitrogens with two attached hydrogens (primary N) is 1. The van der Waals surface area contributed by atoms with Crippen molar-refractivity contribution in [3.8, 4) is 0 Å². The summed E-state index contributed by atoms with van der Waals surface area (Å²) in [6.07, 6.45) is 49.4. The molecule has 0 aromatic heterocycles. The van der Waals surface area contributed by atoms with Crippen molar-refractivity contribution in [1.82, 2.24) is 0 Å². The summed E-state index contributed by atoms with van der Waals surface area (Å²) < 4.78 is 1.10. The quantitative estimate of drug-likeness (QED) is 0.0430. The van der Waals surface area contributed by atoms with Gasteiger partial charge in [-0.05, 0) is 77.6 Å². The van der Waals surface area contributed by atoms with E-state index in [9.17, 15) is 0 Å². The lowest BCUT2D eigenvalue weighted by Gasteiger charge is -2.35. The van der Waals surface area contributed by atoms with Crippen LogP contribution >= 0.6 is 0 Å². The fraction of sp³-hybridized carbons (Fsp3) is 0.881. The number of aliphatic imine (C=N–C) groups is 1. The summed E-state index contributed by atoms with van der Waals surface area (Å²) in [7, 11) is 0. The van der Waals surface area contributed by atoms with E-state index in [1.165, 1.54) is 205 Å². The largest absolute Gasteiger partial charge is 0.326 e. The number of allylic oxidation sites excluding steroid dienone is 4. The molecule has 0 aliphatic carbocycles. The first-order valence-electron chi connectivity index (χ1n) is 20.6. The molecular formula is C42H82N3+. The average Bonchev–Trinajstić information content (AvgIpc) is 3.34. The van der Waals surface area contributed by atoms with Crippen LogP contribution in [0.5, 0.6) is 0 Å². The van der Waals surface area contributed by atoms with E-state index in [0.717, 1.165) is 17.6 Å². The molecule has 1 aliphatic rings. The number of unbranched alkanes of at least 4 members (excludes halogenated alkanes) is 24. The van der Waals surface area contributed by atoms with Gasteiger partial charge >= 0.3 is 0 Å². The molecule has 0 radical (unpaired) electrons. The van der Waals surface area contributed by atoms with Gasteiger partial charge in [0.25, 0.3) is 0 Å².